The zero-order valence-corrected chi connectivity index (χ0v) is 23.6. The minimum atomic E-state index is -3.81. The fraction of sp³-hybridized carbons (Fsp3) is 0.240. The molecule has 0 radical (unpaired) electrons. The second-order valence-corrected chi connectivity index (χ2v) is 13.0. The van der Waals surface area contributed by atoms with Crippen molar-refractivity contribution >= 4 is 66.2 Å². The van der Waals surface area contributed by atoms with Crippen molar-refractivity contribution in [3.05, 3.63) is 81.8 Å². The third-order valence-corrected chi connectivity index (χ3v) is 8.53. The molecule has 0 aliphatic heterocycles. The number of halogens is 2. The molecule has 0 atom stereocenters. The number of nitrogens with zero attached hydrogens (tertiary/aromatic N) is 1. The zero-order valence-electron chi connectivity index (χ0n) is 20.5. The number of benzene rings is 3. The van der Waals surface area contributed by atoms with Crippen LogP contribution in [0.4, 0.5) is 17.1 Å². The van der Waals surface area contributed by atoms with Gasteiger partial charge in [-0.15, -0.1) is 0 Å². The van der Waals surface area contributed by atoms with Crippen LogP contribution < -0.4 is 14.3 Å². The number of carbonyl (C=O) groups excluding carboxylic acids is 1. The van der Waals surface area contributed by atoms with Crippen LogP contribution in [-0.4, -0.2) is 35.5 Å². The molecule has 0 saturated heterocycles. The number of sulfonamides is 2. The normalized spacial score (nSPS) is 11.7. The third kappa shape index (κ3) is 7.85. The highest BCUT2D eigenvalue weighted by Gasteiger charge is 2.21. The number of hydrogen-bond donors (Lipinski definition) is 2. The largest absolute Gasteiger partial charge is 0.326 e. The summed E-state index contributed by atoms with van der Waals surface area (Å²) in [5.74, 6) is -0.352. The Labute approximate surface area is 227 Å². The smallest absolute Gasteiger partial charge is 0.261 e. The summed E-state index contributed by atoms with van der Waals surface area (Å²) >= 11 is 12.2. The second kappa shape index (κ2) is 11.7. The van der Waals surface area contributed by atoms with E-state index in [0.717, 1.165) is 21.7 Å². The highest BCUT2D eigenvalue weighted by molar-refractivity contribution is 7.92. The predicted molar refractivity (Wildman–Crippen MR) is 150 cm³/mol. The molecule has 37 heavy (non-hydrogen) atoms. The summed E-state index contributed by atoms with van der Waals surface area (Å²) in [4.78, 5) is 12.5. The molecule has 0 aliphatic rings. The van der Waals surface area contributed by atoms with Crippen molar-refractivity contribution in [2.24, 2.45) is 0 Å². The number of aryl methyl sites for hydroxylation is 2. The van der Waals surface area contributed by atoms with Crippen molar-refractivity contribution in [2.75, 3.05) is 27.1 Å². The van der Waals surface area contributed by atoms with Gasteiger partial charge in [0.05, 0.1) is 27.5 Å². The van der Waals surface area contributed by atoms with Crippen LogP contribution in [0, 0.1) is 13.8 Å². The van der Waals surface area contributed by atoms with Crippen LogP contribution in [0.1, 0.15) is 24.0 Å². The number of hydrogen-bond acceptors (Lipinski definition) is 5. The Bertz CT molecular complexity index is 1510. The van der Waals surface area contributed by atoms with Crippen molar-refractivity contribution in [1.82, 2.24) is 0 Å². The van der Waals surface area contributed by atoms with Gasteiger partial charge in [-0.1, -0.05) is 40.9 Å². The van der Waals surface area contributed by atoms with Gasteiger partial charge in [0.2, 0.25) is 15.9 Å². The molecule has 12 heteroatoms. The Morgan fingerprint density at radius 3 is 2.22 bits per heavy atom. The van der Waals surface area contributed by atoms with E-state index >= 15 is 0 Å². The predicted octanol–water partition coefficient (Wildman–Crippen LogP) is 5.60. The number of nitrogens with one attached hydrogen (secondary N) is 2. The summed E-state index contributed by atoms with van der Waals surface area (Å²) in [6.07, 6.45) is 1.29. The van der Waals surface area contributed by atoms with E-state index in [2.05, 4.69) is 10.0 Å². The Morgan fingerprint density at radius 1 is 0.919 bits per heavy atom. The molecule has 0 saturated carbocycles. The van der Waals surface area contributed by atoms with Crippen LogP contribution in [0.15, 0.2) is 65.6 Å². The topological polar surface area (TPSA) is 113 Å². The van der Waals surface area contributed by atoms with Gasteiger partial charge in [0.25, 0.3) is 10.0 Å². The first-order valence-corrected chi connectivity index (χ1v) is 15.3. The van der Waals surface area contributed by atoms with E-state index in [1.807, 2.05) is 26.0 Å². The molecule has 8 nitrogen and oxygen atoms in total. The molecule has 0 bridgehead atoms. The summed E-state index contributed by atoms with van der Waals surface area (Å²) in [6.45, 7) is 3.77. The van der Waals surface area contributed by atoms with E-state index < -0.39 is 20.0 Å². The second-order valence-electron chi connectivity index (χ2n) is 8.53. The standard InChI is InChI=1S/C25H27Cl2N3O5S2/c1-17-6-13-23(18(2)15-17)29-37(34,35)21-10-8-20(9-11-21)28-25(31)5-4-14-30(36(3,32)33)24-16-19(26)7-12-22(24)27/h6-13,15-16,29H,4-5,14H2,1-3H3,(H,28,31). The average Bonchev–Trinajstić information content (AvgIpc) is 2.80. The van der Waals surface area contributed by atoms with E-state index in [0.29, 0.717) is 16.4 Å². The lowest BCUT2D eigenvalue weighted by molar-refractivity contribution is -0.116. The minimum absolute atomic E-state index is 0.0214. The number of amides is 1. The van der Waals surface area contributed by atoms with E-state index in [9.17, 15) is 21.6 Å². The molecular formula is C25H27Cl2N3O5S2. The Hall–Kier alpha value is -2.79. The van der Waals surface area contributed by atoms with Gasteiger partial charge in [-0.2, -0.15) is 0 Å². The number of rotatable bonds is 10. The number of anilines is 3. The minimum Gasteiger partial charge on any atom is -0.326 e. The van der Waals surface area contributed by atoms with E-state index in [4.69, 9.17) is 23.2 Å². The Balaban J connectivity index is 1.60. The lowest BCUT2D eigenvalue weighted by atomic mass is 10.1. The van der Waals surface area contributed by atoms with Crippen LogP contribution in [0.2, 0.25) is 10.0 Å². The quantitative estimate of drug-likeness (QED) is 0.322. The van der Waals surface area contributed by atoms with E-state index in [1.54, 1.807) is 12.1 Å². The van der Waals surface area contributed by atoms with Gasteiger partial charge >= 0.3 is 0 Å². The van der Waals surface area contributed by atoms with Crippen molar-refractivity contribution in [3.63, 3.8) is 0 Å². The van der Waals surface area contributed by atoms with Gasteiger partial charge < -0.3 is 5.32 Å². The molecule has 198 valence electrons. The van der Waals surface area contributed by atoms with Gasteiger partial charge in [-0.25, -0.2) is 16.8 Å². The molecule has 3 rings (SSSR count). The third-order valence-electron chi connectivity index (χ3n) is 5.42. The van der Waals surface area contributed by atoms with Crippen molar-refractivity contribution in [2.45, 2.75) is 31.6 Å². The molecule has 3 aromatic rings. The lowest BCUT2D eigenvalue weighted by Gasteiger charge is -2.23. The monoisotopic (exact) mass is 583 g/mol. The molecule has 0 fully saturated rings. The maximum atomic E-state index is 12.8. The fourth-order valence-corrected chi connectivity index (χ4v) is 6.13. The van der Waals surface area contributed by atoms with Crippen molar-refractivity contribution < 1.29 is 21.6 Å². The SMILES string of the molecule is Cc1ccc(NS(=O)(=O)c2ccc(NC(=O)CCCN(c3cc(Cl)ccc3Cl)S(C)(=O)=O)cc2)c(C)c1. The molecule has 0 heterocycles. The molecule has 1 amide bonds. The summed E-state index contributed by atoms with van der Waals surface area (Å²) in [5.41, 5.74) is 2.97. The van der Waals surface area contributed by atoms with Crippen LogP contribution >= 0.6 is 23.2 Å². The Morgan fingerprint density at radius 2 is 1.59 bits per heavy atom. The maximum Gasteiger partial charge on any atom is 0.261 e. The van der Waals surface area contributed by atoms with Crippen molar-refractivity contribution in [1.29, 1.82) is 0 Å². The maximum absolute atomic E-state index is 12.8. The fourth-order valence-electron chi connectivity index (χ4n) is 3.60. The first-order chi connectivity index (χ1) is 17.3. The van der Waals surface area contributed by atoms with Crippen LogP contribution in [0.3, 0.4) is 0 Å². The molecule has 0 aliphatic carbocycles. The highest BCUT2D eigenvalue weighted by atomic mass is 35.5. The van der Waals surface area contributed by atoms with Crippen LogP contribution in [-0.2, 0) is 24.8 Å². The van der Waals surface area contributed by atoms with Gasteiger partial charge in [-0.3, -0.25) is 13.8 Å². The van der Waals surface area contributed by atoms with Crippen LogP contribution in [0.25, 0.3) is 0 Å². The van der Waals surface area contributed by atoms with E-state index in [1.165, 1.54) is 36.4 Å². The highest BCUT2D eigenvalue weighted by Crippen LogP contribution is 2.31. The average molecular weight is 585 g/mol. The molecule has 2 N–H and O–H groups in total. The summed E-state index contributed by atoms with van der Waals surface area (Å²) in [5, 5.41) is 3.25. The molecule has 0 aromatic heterocycles. The van der Waals surface area contributed by atoms with Gasteiger partial charge in [0.1, 0.15) is 0 Å². The van der Waals surface area contributed by atoms with Gasteiger partial charge in [0.15, 0.2) is 0 Å². The Kier molecular flexibility index (Phi) is 9.12. The van der Waals surface area contributed by atoms with Gasteiger partial charge in [0, 0.05) is 23.7 Å². The van der Waals surface area contributed by atoms with Gasteiger partial charge in [-0.05, 0) is 74.4 Å². The molecule has 3 aromatic carbocycles. The van der Waals surface area contributed by atoms with Crippen molar-refractivity contribution in [3.8, 4) is 0 Å². The molecule has 0 unspecified atom stereocenters. The summed E-state index contributed by atoms with van der Waals surface area (Å²) in [7, 11) is -7.47. The summed E-state index contributed by atoms with van der Waals surface area (Å²) in [6, 6.07) is 15.7. The molecule has 0 spiro atoms. The molecular weight excluding hydrogens is 557 g/mol. The number of carbonyl (C=O) groups is 1. The summed E-state index contributed by atoms with van der Waals surface area (Å²) < 4.78 is 53.8. The first-order valence-electron chi connectivity index (χ1n) is 11.2. The van der Waals surface area contributed by atoms with Crippen LogP contribution in [0.5, 0.6) is 0 Å². The van der Waals surface area contributed by atoms with E-state index in [-0.39, 0.29) is 40.9 Å². The zero-order chi connectivity index (χ0) is 27.4. The first kappa shape index (κ1) is 28.8. The lowest BCUT2D eigenvalue weighted by Crippen LogP contribution is -2.31.